The Morgan fingerprint density at radius 1 is 1.62 bits per heavy atom. The molecular formula is C9H8ClN3O3. The minimum absolute atomic E-state index is 0.0892. The Morgan fingerprint density at radius 2 is 2.31 bits per heavy atom. The van der Waals surface area contributed by atoms with Crippen LogP contribution in [0.5, 0.6) is 0 Å². The van der Waals surface area contributed by atoms with Crippen LogP contribution in [-0.4, -0.2) is 17.0 Å². The van der Waals surface area contributed by atoms with Crippen molar-refractivity contribution in [2.45, 2.75) is 6.92 Å². The van der Waals surface area contributed by atoms with Crippen molar-refractivity contribution in [2.75, 3.05) is 0 Å². The molecule has 0 radical (unpaired) electrons. The topological polar surface area (TPSA) is 84.6 Å². The maximum absolute atomic E-state index is 10.5. The van der Waals surface area contributed by atoms with Gasteiger partial charge >= 0.3 is 0 Å². The first-order chi connectivity index (χ1) is 7.50. The van der Waals surface area contributed by atoms with Crippen LogP contribution in [-0.2, 0) is 4.79 Å². The molecule has 16 heavy (non-hydrogen) atoms. The minimum atomic E-state index is -0.536. The van der Waals surface area contributed by atoms with E-state index in [0.717, 1.165) is 0 Å². The van der Waals surface area contributed by atoms with Crippen LogP contribution >= 0.6 is 11.6 Å². The standard InChI is InChI=1S/C9H8ClN3O3/c1-6(14)12-11-5-7-4-8(13(15)16)2-3-9(7)10/h2-5H,1H3,(H,12,14)/b11-5+. The van der Waals surface area contributed by atoms with Crippen molar-refractivity contribution < 1.29 is 9.72 Å². The highest BCUT2D eigenvalue weighted by Crippen LogP contribution is 2.20. The van der Waals surface area contributed by atoms with Crippen LogP contribution in [0.15, 0.2) is 23.3 Å². The van der Waals surface area contributed by atoms with E-state index in [-0.39, 0.29) is 11.6 Å². The molecule has 7 heteroatoms. The van der Waals surface area contributed by atoms with E-state index in [4.69, 9.17) is 11.6 Å². The number of amides is 1. The van der Waals surface area contributed by atoms with E-state index in [2.05, 4.69) is 10.5 Å². The van der Waals surface area contributed by atoms with Crippen LogP contribution in [0.25, 0.3) is 0 Å². The molecule has 0 aliphatic rings. The van der Waals surface area contributed by atoms with Crippen LogP contribution in [0.4, 0.5) is 5.69 Å². The molecule has 0 heterocycles. The van der Waals surface area contributed by atoms with Gasteiger partial charge in [0.25, 0.3) is 5.69 Å². The number of hydrogen-bond donors (Lipinski definition) is 1. The van der Waals surface area contributed by atoms with E-state index in [1.807, 2.05) is 0 Å². The summed E-state index contributed by atoms with van der Waals surface area (Å²) in [5, 5.41) is 14.4. The maximum atomic E-state index is 10.5. The predicted molar refractivity (Wildman–Crippen MR) is 59.5 cm³/mol. The Hall–Kier alpha value is -1.95. The molecule has 0 fully saturated rings. The van der Waals surface area contributed by atoms with Crippen molar-refractivity contribution in [3.8, 4) is 0 Å². The van der Waals surface area contributed by atoms with Gasteiger partial charge in [0, 0.05) is 29.6 Å². The number of hydrogen-bond acceptors (Lipinski definition) is 4. The summed E-state index contributed by atoms with van der Waals surface area (Å²) in [5.74, 6) is -0.335. The first-order valence-corrected chi connectivity index (χ1v) is 4.62. The van der Waals surface area contributed by atoms with E-state index < -0.39 is 4.92 Å². The number of halogens is 1. The van der Waals surface area contributed by atoms with E-state index >= 15 is 0 Å². The van der Waals surface area contributed by atoms with Crippen LogP contribution in [0.2, 0.25) is 5.02 Å². The van der Waals surface area contributed by atoms with Crippen LogP contribution < -0.4 is 5.43 Å². The van der Waals surface area contributed by atoms with Crippen molar-refractivity contribution in [2.24, 2.45) is 5.10 Å². The summed E-state index contributed by atoms with van der Waals surface area (Å²) in [6.45, 7) is 1.30. The molecule has 1 aromatic rings. The highest BCUT2D eigenvalue weighted by Gasteiger charge is 2.07. The van der Waals surface area contributed by atoms with E-state index in [0.29, 0.717) is 10.6 Å². The van der Waals surface area contributed by atoms with Crippen molar-refractivity contribution in [1.82, 2.24) is 5.43 Å². The van der Waals surface area contributed by atoms with Gasteiger partial charge < -0.3 is 0 Å². The molecule has 0 aliphatic heterocycles. The average molecular weight is 242 g/mol. The molecule has 0 bridgehead atoms. The SMILES string of the molecule is CC(=O)N/N=C/c1cc([N+](=O)[O-])ccc1Cl. The third-order valence-corrected chi connectivity index (χ3v) is 1.96. The Morgan fingerprint density at radius 3 is 2.88 bits per heavy atom. The van der Waals surface area contributed by atoms with Crippen molar-refractivity contribution in [3.63, 3.8) is 0 Å². The van der Waals surface area contributed by atoms with E-state index in [1.165, 1.54) is 31.3 Å². The number of nitrogens with one attached hydrogen (secondary N) is 1. The molecular weight excluding hydrogens is 234 g/mol. The molecule has 0 atom stereocenters. The second-order valence-corrected chi connectivity index (χ2v) is 3.30. The summed E-state index contributed by atoms with van der Waals surface area (Å²) in [6, 6.07) is 3.96. The summed E-state index contributed by atoms with van der Waals surface area (Å²) >= 11 is 5.79. The normalized spacial score (nSPS) is 10.4. The Labute approximate surface area is 96.1 Å². The van der Waals surface area contributed by atoms with E-state index in [1.54, 1.807) is 0 Å². The Kier molecular flexibility index (Phi) is 3.96. The second kappa shape index (κ2) is 5.22. The van der Waals surface area contributed by atoms with Gasteiger partial charge in [-0.25, -0.2) is 5.43 Å². The Bertz CT molecular complexity index is 459. The molecule has 1 aromatic carbocycles. The molecule has 1 rings (SSSR count). The zero-order valence-electron chi connectivity index (χ0n) is 8.31. The smallest absolute Gasteiger partial charge is 0.270 e. The summed E-state index contributed by atoms with van der Waals surface area (Å²) in [6.07, 6.45) is 1.25. The number of carbonyl (C=O) groups is 1. The van der Waals surface area contributed by atoms with Gasteiger partial charge in [0.05, 0.1) is 11.1 Å². The van der Waals surface area contributed by atoms with Gasteiger partial charge in [0.2, 0.25) is 5.91 Å². The zero-order chi connectivity index (χ0) is 12.1. The van der Waals surface area contributed by atoms with Gasteiger partial charge in [-0.15, -0.1) is 0 Å². The molecule has 1 amide bonds. The summed E-state index contributed by atoms with van der Waals surface area (Å²) < 4.78 is 0. The molecule has 1 N–H and O–H groups in total. The monoisotopic (exact) mass is 241 g/mol. The van der Waals surface area contributed by atoms with Gasteiger partial charge in [-0.3, -0.25) is 14.9 Å². The maximum Gasteiger partial charge on any atom is 0.270 e. The van der Waals surface area contributed by atoms with Crippen molar-refractivity contribution in [3.05, 3.63) is 38.9 Å². The Balaban J connectivity index is 2.94. The first kappa shape index (κ1) is 12.1. The number of nitro benzene ring substituents is 1. The molecule has 0 spiro atoms. The second-order valence-electron chi connectivity index (χ2n) is 2.89. The zero-order valence-corrected chi connectivity index (χ0v) is 9.06. The predicted octanol–water partition coefficient (Wildman–Crippen LogP) is 1.72. The fraction of sp³-hybridized carbons (Fsp3) is 0.111. The van der Waals surface area contributed by atoms with Crippen LogP contribution in [0.1, 0.15) is 12.5 Å². The lowest BCUT2D eigenvalue weighted by Gasteiger charge is -1.97. The molecule has 0 aliphatic carbocycles. The number of nitro groups is 1. The molecule has 6 nitrogen and oxygen atoms in total. The van der Waals surface area contributed by atoms with Crippen molar-refractivity contribution in [1.29, 1.82) is 0 Å². The third kappa shape index (κ3) is 3.32. The average Bonchev–Trinajstić information content (AvgIpc) is 2.20. The molecule has 0 saturated carbocycles. The van der Waals surface area contributed by atoms with Gasteiger partial charge in [0.15, 0.2) is 0 Å². The van der Waals surface area contributed by atoms with Gasteiger partial charge in [-0.05, 0) is 6.07 Å². The van der Waals surface area contributed by atoms with Crippen molar-refractivity contribution >= 4 is 29.4 Å². The number of non-ortho nitro benzene ring substituents is 1. The summed E-state index contributed by atoms with van der Waals surface area (Å²) in [7, 11) is 0. The molecule has 0 saturated heterocycles. The lowest BCUT2D eigenvalue weighted by molar-refractivity contribution is -0.384. The van der Waals surface area contributed by atoms with Crippen LogP contribution in [0, 0.1) is 10.1 Å². The highest BCUT2D eigenvalue weighted by atomic mass is 35.5. The highest BCUT2D eigenvalue weighted by molar-refractivity contribution is 6.33. The van der Waals surface area contributed by atoms with Gasteiger partial charge in [-0.1, -0.05) is 11.6 Å². The quantitative estimate of drug-likeness (QED) is 0.497. The largest absolute Gasteiger partial charge is 0.274 e. The fourth-order valence-electron chi connectivity index (χ4n) is 0.936. The lowest BCUT2D eigenvalue weighted by atomic mass is 10.2. The molecule has 0 unspecified atom stereocenters. The molecule has 0 aromatic heterocycles. The van der Waals surface area contributed by atoms with E-state index in [9.17, 15) is 14.9 Å². The van der Waals surface area contributed by atoms with Gasteiger partial charge in [0.1, 0.15) is 0 Å². The number of rotatable bonds is 3. The fourth-order valence-corrected chi connectivity index (χ4v) is 1.10. The number of nitrogens with zero attached hydrogens (tertiary/aromatic N) is 2. The van der Waals surface area contributed by atoms with Crippen LogP contribution in [0.3, 0.4) is 0 Å². The summed E-state index contributed by atoms with van der Waals surface area (Å²) in [4.78, 5) is 20.5. The number of carbonyl (C=O) groups excluding carboxylic acids is 1. The third-order valence-electron chi connectivity index (χ3n) is 1.62. The molecule has 84 valence electrons. The lowest BCUT2D eigenvalue weighted by Crippen LogP contribution is -2.12. The number of hydrazone groups is 1. The minimum Gasteiger partial charge on any atom is -0.274 e. The first-order valence-electron chi connectivity index (χ1n) is 4.24. The summed E-state index contributed by atoms with van der Waals surface area (Å²) in [5.41, 5.74) is 2.45. The van der Waals surface area contributed by atoms with Gasteiger partial charge in [-0.2, -0.15) is 5.10 Å². The number of benzene rings is 1.